The normalized spacial score (nSPS) is 20.6. The van der Waals surface area contributed by atoms with E-state index in [0.29, 0.717) is 25.3 Å². The minimum absolute atomic E-state index is 0.184. The van der Waals surface area contributed by atoms with E-state index in [0.717, 1.165) is 5.56 Å². The first-order valence-electron chi connectivity index (χ1n) is 7.22. The molecule has 1 aliphatic rings. The van der Waals surface area contributed by atoms with Gasteiger partial charge in [0.25, 0.3) is 0 Å². The van der Waals surface area contributed by atoms with E-state index < -0.39 is 15.9 Å². The molecule has 2 N–H and O–H groups in total. The number of carbonyl (C=O) groups is 1. The van der Waals surface area contributed by atoms with Gasteiger partial charge >= 0.3 is 0 Å². The zero-order chi connectivity index (χ0) is 15.6. The summed E-state index contributed by atoms with van der Waals surface area (Å²) >= 11 is 0. The second-order valence-corrected chi connectivity index (χ2v) is 7.77. The van der Waals surface area contributed by atoms with Crippen LogP contribution < -0.4 is 5.73 Å². The lowest BCUT2D eigenvalue weighted by Crippen LogP contribution is -2.44. The molecule has 1 aliphatic heterocycles. The highest BCUT2D eigenvalue weighted by atomic mass is 32.2. The summed E-state index contributed by atoms with van der Waals surface area (Å²) in [4.78, 5) is 11.6. The van der Waals surface area contributed by atoms with Gasteiger partial charge in [0.1, 0.15) is 0 Å². The molecular weight excluding hydrogens is 288 g/mol. The fourth-order valence-electron chi connectivity index (χ4n) is 2.57. The van der Waals surface area contributed by atoms with E-state index in [1.807, 2.05) is 12.1 Å². The van der Waals surface area contributed by atoms with Crippen LogP contribution in [0.25, 0.3) is 0 Å². The first kappa shape index (κ1) is 16.0. The molecule has 0 radical (unpaired) electrons. The molecule has 0 bridgehead atoms. The predicted octanol–water partition coefficient (Wildman–Crippen LogP) is 1.70. The standard InChI is InChI=1S/C15H22N2O3S/c1-11(2)12-5-7-14(8-6-12)21(19,20)17-9-3-4-13(10-17)15(16)18/h5-8,11,13H,3-4,9-10H2,1-2H3,(H2,16,18). The van der Waals surface area contributed by atoms with E-state index in [9.17, 15) is 13.2 Å². The van der Waals surface area contributed by atoms with Crippen LogP contribution in [0.15, 0.2) is 29.2 Å². The molecule has 0 aliphatic carbocycles. The van der Waals surface area contributed by atoms with Gasteiger partial charge in [-0.05, 0) is 36.5 Å². The molecule has 1 aromatic carbocycles. The van der Waals surface area contributed by atoms with Crippen LogP contribution in [0.3, 0.4) is 0 Å². The summed E-state index contributed by atoms with van der Waals surface area (Å²) in [5.41, 5.74) is 6.40. The van der Waals surface area contributed by atoms with Crippen molar-refractivity contribution in [1.29, 1.82) is 0 Å². The number of hydrogen-bond acceptors (Lipinski definition) is 3. The van der Waals surface area contributed by atoms with Crippen LogP contribution >= 0.6 is 0 Å². The van der Waals surface area contributed by atoms with Gasteiger partial charge in [0.05, 0.1) is 10.8 Å². The van der Waals surface area contributed by atoms with Crippen LogP contribution in [0.4, 0.5) is 0 Å². The Morgan fingerprint density at radius 1 is 1.29 bits per heavy atom. The molecule has 1 fully saturated rings. The predicted molar refractivity (Wildman–Crippen MR) is 81.2 cm³/mol. The van der Waals surface area contributed by atoms with Gasteiger partial charge in [-0.1, -0.05) is 26.0 Å². The molecule has 1 saturated heterocycles. The molecule has 1 amide bonds. The second-order valence-electron chi connectivity index (χ2n) is 5.83. The van der Waals surface area contributed by atoms with Crippen molar-refractivity contribution in [2.75, 3.05) is 13.1 Å². The summed E-state index contributed by atoms with van der Waals surface area (Å²) in [6.07, 6.45) is 1.32. The van der Waals surface area contributed by atoms with Crippen molar-refractivity contribution in [2.24, 2.45) is 11.7 Å². The highest BCUT2D eigenvalue weighted by Gasteiger charge is 2.32. The molecule has 2 rings (SSSR count). The number of benzene rings is 1. The van der Waals surface area contributed by atoms with E-state index in [1.165, 1.54) is 4.31 Å². The fraction of sp³-hybridized carbons (Fsp3) is 0.533. The number of sulfonamides is 1. The zero-order valence-electron chi connectivity index (χ0n) is 12.5. The van der Waals surface area contributed by atoms with Crippen molar-refractivity contribution >= 4 is 15.9 Å². The topological polar surface area (TPSA) is 80.5 Å². The van der Waals surface area contributed by atoms with Gasteiger partial charge in [-0.15, -0.1) is 0 Å². The molecule has 6 heteroatoms. The summed E-state index contributed by atoms with van der Waals surface area (Å²) in [5.74, 6) is -0.454. The van der Waals surface area contributed by atoms with Crippen LogP contribution in [0.1, 0.15) is 38.2 Å². The fourth-order valence-corrected chi connectivity index (χ4v) is 4.09. The minimum atomic E-state index is -3.55. The van der Waals surface area contributed by atoms with Crippen LogP contribution in [0.5, 0.6) is 0 Å². The van der Waals surface area contributed by atoms with E-state index in [4.69, 9.17) is 5.73 Å². The Labute approximate surface area is 126 Å². The highest BCUT2D eigenvalue weighted by molar-refractivity contribution is 7.89. The summed E-state index contributed by atoms with van der Waals surface area (Å²) in [6, 6.07) is 6.96. The second kappa shape index (κ2) is 6.15. The lowest BCUT2D eigenvalue weighted by atomic mass is 9.99. The van der Waals surface area contributed by atoms with Gasteiger partial charge in [-0.2, -0.15) is 4.31 Å². The van der Waals surface area contributed by atoms with E-state index in [-0.39, 0.29) is 17.4 Å². The third kappa shape index (κ3) is 3.44. The molecule has 1 aromatic rings. The average molecular weight is 310 g/mol. The Morgan fingerprint density at radius 3 is 2.43 bits per heavy atom. The van der Waals surface area contributed by atoms with E-state index in [1.54, 1.807) is 12.1 Å². The van der Waals surface area contributed by atoms with Crippen LogP contribution in [-0.4, -0.2) is 31.7 Å². The average Bonchev–Trinajstić information content (AvgIpc) is 2.47. The Balaban J connectivity index is 2.22. The molecular formula is C15H22N2O3S. The van der Waals surface area contributed by atoms with Gasteiger partial charge in [-0.25, -0.2) is 8.42 Å². The maximum atomic E-state index is 12.6. The van der Waals surface area contributed by atoms with Crippen molar-refractivity contribution in [3.05, 3.63) is 29.8 Å². The molecule has 1 heterocycles. The molecule has 0 spiro atoms. The maximum absolute atomic E-state index is 12.6. The molecule has 1 unspecified atom stereocenters. The van der Waals surface area contributed by atoms with Gasteiger partial charge in [-0.3, -0.25) is 4.79 Å². The Morgan fingerprint density at radius 2 is 1.90 bits per heavy atom. The quantitative estimate of drug-likeness (QED) is 0.919. The summed E-state index contributed by atoms with van der Waals surface area (Å²) < 4.78 is 26.6. The highest BCUT2D eigenvalue weighted by Crippen LogP contribution is 2.25. The third-order valence-electron chi connectivity index (χ3n) is 3.97. The number of rotatable bonds is 4. The first-order chi connectivity index (χ1) is 9.82. The minimum Gasteiger partial charge on any atom is -0.369 e. The number of nitrogens with two attached hydrogens (primary N) is 1. The molecule has 0 saturated carbocycles. The molecule has 116 valence electrons. The Bertz CT molecular complexity index is 608. The Kier molecular flexibility index (Phi) is 4.68. The zero-order valence-corrected chi connectivity index (χ0v) is 13.3. The maximum Gasteiger partial charge on any atom is 0.243 e. The number of nitrogens with zero attached hydrogens (tertiary/aromatic N) is 1. The number of carbonyl (C=O) groups excluding carboxylic acids is 1. The van der Waals surface area contributed by atoms with Gasteiger partial charge in [0, 0.05) is 13.1 Å². The monoisotopic (exact) mass is 310 g/mol. The van der Waals surface area contributed by atoms with Gasteiger partial charge in [0.2, 0.25) is 15.9 Å². The van der Waals surface area contributed by atoms with Crippen molar-refractivity contribution in [1.82, 2.24) is 4.31 Å². The number of piperidine rings is 1. The SMILES string of the molecule is CC(C)c1ccc(S(=O)(=O)N2CCCC(C(N)=O)C2)cc1. The van der Waals surface area contributed by atoms with Gasteiger partial charge in [0.15, 0.2) is 0 Å². The Hall–Kier alpha value is -1.40. The number of primary amides is 1. The van der Waals surface area contributed by atoms with Crippen LogP contribution in [-0.2, 0) is 14.8 Å². The van der Waals surface area contributed by atoms with Crippen molar-refractivity contribution in [3.8, 4) is 0 Å². The smallest absolute Gasteiger partial charge is 0.243 e. The van der Waals surface area contributed by atoms with Crippen molar-refractivity contribution in [2.45, 2.75) is 37.5 Å². The van der Waals surface area contributed by atoms with E-state index >= 15 is 0 Å². The third-order valence-corrected chi connectivity index (χ3v) is 5.85. The summed E-state index contributed by atoms with van der Waals surface area (Å²) in [5, 5.41) is 0. The lowest BCUT2D eigenvalue weighted by molar-refractivity contribution is -0.122. The number of amides is 1. The van der Waals surface area contributed by atoms with Crippen LogP contribution in [0, 0.1) is 5.92 Å². The molecule has 5 nitrogen and oxygen atoms in total. The summed E-state index contributed by atoms with van der Waals surface area (Å²) in [6.45, 7) is 4.75. The van der Waals surface area contributed by atoms with Crippen LogP contribution in [0.2, 0.25) is 0 Å². The van der Waals surface area contributed by atoms with Gasteiger partial charge < -0.3 is 5.73 Å². The largest absolute Gasteiger partial charge is 0.369 e. The summed E-state index contributed by atoms with van der Waals surface area (Å²) in [7, 11) is -3.55. The molecule has 21 heavy (non-hydrogen) atoms. The van der Waals surface area contributed by atoms with Crippen molar-refractivity contribution < 1.29 is 13.2 Å². The first-order valence-corrected chi connectivity index (χ1v) is 8.66. The number of hydrogen-bond donors (Lipinski definition) is 1. The van der Waals surface area contributed by atoms with Crippen molar-refractivity contribution in [3.63, 3.8) is 0 Å². The molecule has 1 atom stereocenters. The molecule has 0 aromatic heterocycles. The van der Waals surface area contributed by atoms with E-state index in [2.05, 4.69) is 13.8 Å². The lowest BCUT2D eigenvalue weighted by Gasteiger charge is -2.30.